The molecule has 0 bridgehead atoms. The van der Waals surface area contributed by atoms with E-state index in [0.29, 0.717) is 30.6 Å². The Bertz CT molecular complexity index is 939. The Hall–Kier alpha value is -2.75. The van der Waals surface area contributed by atoms with Crippen molar-refractivity contribution in [2.75, 3.05) is 0 Å². The fourth-order valence-corrected chi connectivity index (χ4v) is 3.16. The van der Waals surface area contributed by atoms with Gasteiger partial charge in [-0.15, -0.1) is 11.3 Å². The predicted octanol–water partition coefficient (Wildman–Crippen LogP) is 4.60. The number of hydrogen-bond acceptors (Lipinski definition) is 5. The molecule has 10 heteroatoms. The zero-order valence-corrected chi connectivity index (χ0v) is 15.2. The number of alkyl halides is 3. The second kappa shape index (κ2) is 8.51. The quantitative estimate of drug-likeness (QED) is 0.575. The Labute approximate surface area is 161 Å². The number of carbonyl (C=O) groups is 1. The van der Waals surface area contributed by atoms with Crippen molar-refractivity contribution in [3.8, 4) is 10.7 Å². The Balaban J connectivity index is 1.48. The van der Waals surface area contributed by atoms with Crippen molar-refractivity contribution in [3.63, 3.8) is 0 Å². The molecule has 2 heterocycles. The van der Waals surface area contributed by atoms with Crippen LogP contribution in [0.25, 0.3) is 10.7 Å². The standard InChI is InChI=1S/C18H15F4N3O2S/c19-12-7-6-11(13(9-12)18(20,21)22)10-23-15(26)4-1-5-16-24-17(25-27-16)14-3-2-8-28-14/h2-3,6-9H,1,4-5,10H2,(H,23,26). The first-order valence-electron chi connectivity index (χ1n) is 8.31. The third-order valence-corrected chi connectivity index (χ3v) is 4.72. The lowest BCUT2D eigenvalue weighted by molar-refractivity contribution is -0.138. The third kappa shape index (κ3) is 5.16. The van der Waals surface area contributed by atoms with E-state index in [1.165, 1.54) is 11.3 Å². The van der Waals surface area contributed by atoms with Crippen molar-refractivity contribution in [2.45, 2.75) is 32.0 Å². The molecule has 0 saturated heterocycles. The van der Waals surface area contributed by atoms with Gasteiger partial charge in [-0.2, -0.15) is 18.2 Å². The van der Waals surface area contributed by atoms with Gasteiger partial charge in [0.25, 0.3) is 0 Å². The van der Waals surface area contributed by atoms with Crippen molar-refractivity contribution in [3.05, 3.63) is 58.5 Å². The van der Waals surface area contributed by atoms with Crippen molar-refractivity contribution >= 4 is 17.2 Å². The number of carbonyl (C=O) groups excluding carboxylic acids is 1. The second-order valence-corrected chi connectivity index (χ2v) is 6.87. The summed E-state index contributed by atoms with van der Waals surface area (Å²) >= 11 is 1.47. The molecule has 28 heavy (non-hydrogen) atoms. The van der Waals surface area contributed by atoms with Crippen LogP contribution in [0.15, 0.2) is 40.2 Å². The molecule has 3 rings (SSSR count). The zero-order chi connectivity index (χ0) is 20.1. The summed E-state index contributed by atoms with van der Waals surface area (Å²) in [6.07, 6.45) is -3.84. The SMILES string of the molecule is O=C(CCCc1nc(-c2cccs2)no1)NCc1ccc(F)cc1C(F)(F)F. The van der Waals surface area contributed by atoms with E-state index < -0.39 is 23.5 Å². The van der Waals surface area contributed by atoms with Crippen LogP contribution in [0, 0.1) is 5.82 Å². The van der Waals surface area contributed by atoms with Gasteiger partial charge in [-0.3, -0.25) is 4.79 Å². The molecule has 1 aromatic carbocycles. The fourth-order valence-electron chi connectivity index (χ4n) is 2.51. The second-order valence-electron chi connectivity index (χ2n) is 5.92. The maximum absolute atomic E-state index is 13.1. The van der Waals surface area contributed by atoms with Crippen LogP contribution in [-0.2, 0) is 23.9 Å². The van der Waals surface area contributed by atoms with E-state index in [1.807, 2.05) is 17.5 Å². The normalized spacial score (nSPS) is 11.6. The van der Waals surface area contributed by atoms with Crippen LogP contribution in [0.3, 0.4) is 0 Å². The van der Waals surface area contributed by atoms with Crippen LogP contribution in [0.4, 0.5) is 17.6 Å². The number of amides is 1. The minimum absolute atomic E-state index is 0.0826. The van der Waals surface area contributed by atoms with E-state index in [0.717, 1.165) is 17.0 Å². The van der Waals surface area contributed by atoms with E-state index in [-0.39, 0.29) is 18.5 Å². The molecule has 0 unspecified atom stereocenters. The molecule has 0 aliphatic heterocycles. The zero-order valence-electron chi connectivity index (χ0n) is 14.4. The first-order valence-corrected chi connectivity index (χ1v) is 9.19. The number of hydrogen-bond donors (Lipinski definition) is 1. The number of halogens is 4. The Kier molecular flexibility index (Phi) is 6.08. The van der Waals surface area contributed by atoms with Gasteiger partial charge in [-0.05, 0) is 35.6 Å². The highest BCUT2D eigenvalue weighted by molar-refractivity contribution is 7.13. The lowest BCUT2D eigenvalue weighted by Gasteiger charge is -2.13. The van der Waals surface area contributed by atoms with Crippen LogP contribution in [0.1, 0.15) is 29.9 Å². The summed E-state index contributed by atoms with van der Waals surface area (Å²) in [5, 5.41) is 8.17. The molecule has 0 saturated carbocycles. The van der Waals surface area contributed by atoms with Crippen molar-refractivity contribution in [1.82, 2.24) is 15.5 Å². The maximum Gasteiger partial charge on any atom is 0.416 e. The van der Waals surface area contributed by atoms with Gasteiger partial charge in [-0.1, -0.05) is 17.3 Å². The van der Waals surface area contributed by atoms with Crippen molar-refractivity contribution < 1.29 is 26.9 Å². The number of aryl methyl sites for hydroxylation is 1. The number of rotatable bonds is 7. The molecular weight excluding hydrogens is 398 g/mol. The molecular formula is C18H15F4N3O2S. The van der Waals surface area contributed by atoms with Gasteiger partial charge in [0.2, 0.25) is 17.6 Å². The summed E-state index contributed by atoms with van der Waals surface area (Å²) < 4.78 is 57.0. The molecule has 3 aromatic rings. The highest BCUT2D eigenvalue weighted by Gasteiger charge is 2.33. The van der Waals surface area contributed by atoms with E-state index in [1.54, 1.807) is 0 Å². The van der Waals surface area contributed by atoms with E-state index in [2.05, 4.69) is 15.5 Å². The molecule has 1 amide bonds. The monoisotopic (exact) mass is 413 g/mol. The van der Waals surface area contributed by atoms with Crippen LogP contribution in [-0.4, -0.2) is 16.0 Å². The van der Waals surface area contributed by atoms with Gasteiger partial charge in [0.1, 0.15) is 5.82 Å². The average Bonchev–Trinajstić information content (AvgIpc) is 3.31. The summed E-state index contributed by atoms with van der Waals surface area (Å²) in [6, 6.07) is 6.09. The van der Waals surface area contributed by atoms with Gasteiger partial charge in [0.05, 0.1) is 10.4 Å². The summed E-state index contributed by atoms with van der Waals surface area (Å²) in [7, 11) is 0. The first-order chi connectivity index (χ1) is 13.3. The largest absolute Gasteiger partial charge is 0.416 e. The smallest absolute Gasteiger partial charge is 0.352 e. The first kappa shape index (κ1) is 20.0. The van der Waals surface area contributed by atoms with Gasteiger partial charge in [-0.25, -0.2) is 4.39 Å². The summed E-state index contributed by atoms with van der Waals surface area (Å²) in [5.41, 5.74) is -1.29. The molecule has 0 aliphatic rings. The highest BCUT2D eigenvalue weighted by atomic mass is 32.1. The molecule has 0 atom stereocenters. The molecule has 0 aliphatic carbocycles. The third-order valence-electron chi connectivity index (χ3n) is 3.86. The Morgan fingerprint density at radius 1 is 1.25 bits per heavy atom. The van der Waals surface area contributed by atoms with Crippen molar-refractivity contribution in [1.29, 1.82) is 0 Å². The molecule has 0 fully saturated rings. The summed E-state index contributed by atoms with van der Waals surface area (Å²) in [5.74, 6) is -0.543. The minimum Gasteiger partial charge on any atom is -0.352 e. The number of thiophene rings is 1. The van der Waals surface area contributed by atoms with E-state index in [9.17, 15) is 22.4 Å². The van der Waals surface area contributed by atoms with Gasteiger partial charge < -0.3 is 9.84 Å². The Morgan fingerprint density at radius 2 is 2.07 bits per heavy atom. The molecule has 0 radical (unpaired) electrons. The maximum atomic E-state index is 13.1. The summed E-state index contributed by atoms with van der Waals surface area (Å²) in [6.45, 7) is -0.336. The van der Waals surface area contributed by atoms with Crippen LogP contribution >= 0.6 is 11.3 Å². The average molecular weight is 413 g/mol. The number of nitrogens with one attached hydrogen (secondary N) is 1. The number of nitrogens with zero attached hydrogens (tertiary/aromatic N) is 2. The predicted molar refractivity (Wildman–Crippen MR) is 93.8 cm³/mol. The van der Waals surface area contributed by atoms with Gasteiger partial charge in [0.15, 0.2) is 0 Å². The van der Waals surface area contributed by atoms with E-state index >= 15 is 0 Å². The van der Waals surface area contributed by atoms with Crippen LogP contribution in [0.2, 0.25) is 0 Å². The summed E-state index contributed by atoms with van der Waals surface area (Å²) in [4.78, 5) is 17.0. The van der Waals surface area contributed by atoms with E-state index in [4.69, 9.17) is 4.52 Å². The highest BCUT2D eigenvalue weighted by Crippen LogP contribution is 2.32. The minimum atomic E-state index is -4.69. The molecule has 5 nitrogen and oxygen atoms in total. The molecule has 0 spiro atoms. The van der Waals surface area contributed by atoms with Gasteiger partial charge >= 0.3 is 6.18 Å². The van der Waals surface area contributed by atoms with Crippen LogP contribution in [0.5, 0.6) is 0 Å². The Morgan fingerprint density at radius 3 is 2.79 bits per heavy atom. The number of aromatic nitrogens is 2. The fraction of sp³-hybridized carbons (Fsp3) is 0.278. The van der Waals surface area contributed by atoms with Gasteiger partial charge in [0, 0.05) is 19.4 Å². The molecule has 148 valence electrons. The topological polar surface area (TPSA) is 68.0 Å². The number of benzene rings is 1. The van der Waals surface area contributed by atoms with Crippen LogP contribution < -0.4 is 5.32 Å². The molecule has 2 aromatic heterocycles. The lowest BCUT2D eigenvalue weighted by atomic mass is 10.1. The molecule has 1 N–H and O–H groups in total. The van der Waals surface area contributed by atoms with Crippen molar-refractivity contribution in [2.24, 2.45) is 0 Å². The lowest BCUT2D eigenvalue weighted by Crippen LogP contribution is -2.24.